The van der Waals surface area contributed by atoms with E-state index in [0.29, 0.717) is 11.8 Å². The van der Waals surface area contributed by atoms with Crippen molar-refractivity contribution >= 4 is 11.9 Å². The number of carbonyl (C=O) groups is 1. The highest BCUT2D eigenvalue weighted by atomic mass is 16.5. The first-order valence-electron chi connectivity index (χ1n) is 6.41. The quantitative estimate of drug-likeness (QED) is 0.882. The minimum atomic E-state index is -0.847. The average molecular weight is 253 g/mol. The number of carboxylic acid groups (broad SMARTS) is 1. The molecular weight excluding hydrogens is 234 g/mol. The molecule has 2 heterocycles. The zero-order chi connectivity index (χ0) is 13.1. The first-order valence-corrected chi connectivity index (χ1v) is 6.41. The maximum absolute atomic E-state index is 10.9. The van der Waals surface area contributed by atoms with Crippen molar-refractivity contribution in [3.05, 3.63) is 5.89 Å². The Morgan fingerprint density at radius 3 is 2.61 bits per heavy atom. The fourth-order valence-corrected chi connectivity index (χ4v) is 2.06. The minimum absolute atomic E-state index is 0.270. The first kappa shape index (κ1) is 12.9. The summed E-state index contributed by atoms with van der Waals surface area (Å²) in [7, 11) is 0. The van der Waals surface area contributed by atoms with Gasteiger partial charge in [-0.15, -0.1) is 0 Å². The van der Waals surface area contributed by atoms with Gasteiger partial charge in [0.25, 0.3) is 5.95 Å². The van der Waals surface area contributed by atoms with Crippen molar-refractivity contribution in [2.24, 2.45) is 5.92 Å². The third kappa shape index (κ3) is 2.63. The van der Waals surface area contributed by atoms with E-state index >= 15 is 0 Å². The second kappa shape index (κ2) is 5.37. The van der Waals surface area contributed by atoms with E-state index in [1.165, 1.54) is 6.42 Å². The fraction of sp³-hybridized carbons (Fsp3) is 0.750. The van der Waals surface area contributed by atoms with Gasteiger partial charge in [0.05, 0.1) is 5.92 Å². The lowest BCUT2D eigenvalue weighted by atomic mass is 9.96. The number of hydrogen-bond donors (Lipinski definition) is 1. The summed E-state index contributed by atoms with van der Waals surface area (Å²) in [6.07, 6.45) is 3.53. The van der Waals surface area contributed by atoms with Crippen LogP contribution in [0, 0.1) is 5.92 Å². The van der Waals surface area contributed by atoms with Crippen LogP contribution < -0.4 is 4.90 Å². The topological polar surface area (TPSA) is 79.5 Å². The third-order valence-electron chi connectivity index (χ3n) is 3.60. The molecule has 1 aromatic heterocycles. The summed E-state index contributed by atoms with van der Waals surface area (Å²) in [6.45, 7) is 5.34. The predicted molar refractivity (Wildman–Crippen MR) is 65.6 cm³/mol. The number of hydrogen-bond acceptors (Lipinski definition) is 5. The standard InChI is InChI=1S/C12H19N3O3/c1-8(9(2)11(16)17)10-13-12(14-18-10)15-6-4-3-5-7-15/h8-9H,3-7H2,1-2H3,(H,16,17). The van der Waals surface area contributed by atoms with Gasteiger partial charge in [0.1, 0.15) is 0 Å². The van der Waals surface area contributed by atoms with Crippen LogP contribution in [0.15, 0.2) is 4.52 Å². The van der Waals surface area contributed by atoms with Crippen molar-refractivity contribution in [1.82, 2.24) is 10.1 Å². The van der Waals surface area contributed by atoms with Gasteiger partial charge in [0, 0.05) is 19.0 Å². The SMILES string of the molecule is CC(C(=O)O)C(C)c1nc(N2CCCCC2)no1. The predicted octanol–water partition coefficient (Wildman–Crippen LogP) is 1.88. The van der Waals surface area contributed by atoms with Gasteiger partial charge in [-0.1, -0.05) is 13.8 Å². The molecule has 100 valence electrons. The van der Waals surface area contributed by atoms with E-state index < -0.39 is 11.9 Å². The third-order valence-corrected chi connectivity index (χ3v) is 3.60. The lowest BCUT2D eigenvalue weighted by Gasteiger charge is -2.24. The molecule has 0 saturated carbocycles. The van der Waals surface area contributed by atoms with Crippen LogP contribution in [0.25, 0.3) is 0 Å². The molecule has 2 unspecified atom stereocenters. The Morgan fingerprint density at radius 2 is 2.00 bits per heavy atom. The molecule has 0 aromatic carbocycles. The Bertz CT molecular complexity index is 412. The normalized spacial score (nSPS) is 19.6. The summed E-state index contributed by atoms with van der Waals surface area (Å²) in [5, 5.41) is 12.9. The molecule has 0 spiro atoms. The zero-order valence-corrected chi connectivity index (χ0v) is 10.8. The molecule has 18 heavy (non-hydrogen) atoms. The second-order valence-corrected chi connectivity index (χ2v) is 4.90. The van der Waals surface area contributed by atoms with E-state index in [4.69, 9.17) is 9.63 Å². The molecule has 6 heteroatoms. The van der Waals surface area contributed by atoms with Gasteiger partial charge in [-0.05, 0) is 24.4 Å². The molecule has 0 aliphatic carbocycles. The number of aliphatic carboxylic acids is 1. The lowest BCUT2D eigenvalue weighted by molar-refractivity contribution is -0.141. The maximum atomic E-state index is 10.9. The van der Waals surface area contributed by atoms with Crippen molar-refractivity contribution < 1.29 is 14.4 Å². The Morgan fingerprint density at radius 1 is 1.33 bits per heavy atom. The van der Waals surface area contributed by atoms with Crippen LogP contribution in [0.3, 0.4) is 0 Å². The summed E-state index contributed by atoms with van der Waals surface area (Å²) < 4.78 is 5.18. The molecule has 1 N–H and O–H groups in total. The number of piperidine rings is 1. The van der Waals surface area contributed by atoms with Gasteiger partial charge >= 0.3 is 5.97 Å². The van der Waals surface area contributed by atoms with Crippen LogP contribution in [0.4, 0.5) is 5.95 Å². The summed E-state index contributed by atoms with van der Waals surface area (Å²) in [5.74, 6) is -0.645. The van der Waals surface area contributed by atoms with E-state index in [-0.39, 0.29) is 5.92 Å². The highest BCUT2D eigenvalue weighted by Crippen LogP contribution is 2.25. The van der Waals surface area contributed by atoms with Gasteiger partial charge in [0.2, 0.25) is 5.89 Å². The average Bonchev–Trinajstić information content (AvgIpc) is 2.87. The van der Waals surface area contributed by atoms with E-state index in [1.807, 2.05) is 0 Å². The largest absolute Gasteiger partial charge is 0.481 e. The smallest absolute Gasteiger partial charge is 0.307 e. The van der Waals surface area contributed by atoms with E-state index in [0.717, 1.165) is 25.9 Å². The molecule has 0 radical (unpaired) electrons. The Hall–Kier alpha value is -1.59. The number of anilines is 1. The van der Waals surface area contributed by atoms with Crippen molar-refractivity contribution in [2.45, 2.75) is 39.0 Å². The van der Waals surface area contributed by atoms with Crippen molar-refractivity contribution in [3.8, 4) is 0 Å². The van der Waals surface area contributed by atoms with Gasteiger partial charge < -0.3 is 14.5 Å². The molecule has 1 saturated heterocycles. The molecule has 1 aromatic rings. The van der Waals surface area contributed by atoms with Gasteiger partial charge in [-0.2, -0.15) is 4.98 Å². The zero-order valence-electron chi connectivity index (χ0n) is 10.8. The van der Waals surface area contributed by atoms with E-state index in [1.54, 1.807) is 13.8 Å². The number of aromatic nitrogens is 2. The number of rotatable bonds is 4. The minimum Gasteiger partial charge on any atom is -0.481 e. The van der Waals surface area contributed by atoms with Crippen LogP contribution >= 0.6 is 0 Å². The molecule has 2 atom stereocenters. The molecule has 1 fully saturated rings. The van der Waals surface area contributed by atoms with Crippen LogP contribution in [0.1, 0.15) is 44.9 Å². The van der Waals surface area contributed by atoms with Crippen molar-refractivity contribution in [3.63, 3.8) is 0 Å². The van der Waals surface area contributed by atoms with Gasteiger partial charge in [-0.3, -0.25) is 4.79 Å². The molecule has 2 rings (SSSR count). The molecule has 1 aliphatic rings. The van der Waals surface area contributed by atoms with E-state index in [9.17, 15) is 4.79 Å². The molecule has 0 bridgehead atoms. The first-order chi connectivity index (χ1) is 8.59. The second-order valence-electron chi connectivity index (χ2n) is 4.90. The van der Waals surface area contributed by atoms with Crippen LogP contribution in [-0.2, 0) is 4.79 Å². The number of nitrogens with zero attached hydrogens (tertiary/aromatic N) is 3. The maximum Gasteiger partial charge on any atom is 0.307 e. The highest BCUT2D eigenvalue weighted by Gasteiger charge is 2.27. The molecule has 6 nitrogen and oxygen atoms in total. The van der Waals surface area contributed by atoms with Gasteiger partial charge in [0.15, 0.2) is 0 Å². The lowest BCUT2D eigenvalue weighted by Crippen LogP contribution is -2.30. The Kier molecular flexibility index (Phi) is 3.84. The fourth-order valence-electron chi connectivity index (χ4n) is 2.06. The van der Waals surface area contributed by atoms with Gasteiger partial charge in [-0.25, -0.2) is 0 Å². The van der Waals surface area contributed by atoms with Crippen molar-refractivity contribution in [2.75, 3.05) is 18.0 Å². The Balaban J connectivity index is 2.07. The van der Waals surface area contributed by atoms with Crippen LogP contribution in [-0.4, -0.2) is 34.3 Å². The number of carboxylic acids is 1. The van der Waals surface area contributed by atoms with E-state index in [2.05, 4.69) is 15.0 Å². The van der Waals surface area contributed by atoms with Crippen LogP contribution in [0.2, 0.25) is 0 Å². The Labute approximate surface area is 106 Å². The summed E-state index contributed by atoms with van der Waals surface area (Å²) in [4.78, 5) is 17.3. The summed E-state index contributed by atoms with van der Waals surface area (Å²) in [5.41, 5.74) is 0. The summed E-state index contributed by atoms with van der Waals surface area (Å²) in [6, 6.07) is 0. The highest BCUT2D eigenvalue weighted by molar-refractivity contribution is 5.70. The van der Waals surface area contributed by atoms with Crippen molar-refractivity contribution in [1.29, 1.82) is 0 Å². The van der Waals surface area contributed by atoms with Crippen LogP contribution in [0.5, 0.6) is 0 Å². The molecule has 1 aliphatic heterocycles. The monoisotopic (exact) mass is 253 g/mol. The molecular formula is C12H19N3O3. The summed E-state index contributed by atoms with van der Waals surface area (Å²) >= 11 is 0. The molecule has 0 amide bonds.